The van der Waals surface area contributed by atoms with Gasteiger partial charge in [-0.2, -0.15) is 0 Å². The van der Waals surface area contributed by atoms with Gasteiger partial charge < -0.3 is 14.5 Å². The maximum Gasteiger partial charge on any atom is 0.242 e. The third-order valence-electron chi connectivity index (χ3n) is 6.17. The number of amides is 2. The van der Waals surface area contributed by atoms with E-state index in [2.05, 4.69) is 30.9 Å². The van der Waals surface area contributed by atoms with Gasteiger partial charge in [-0.3, -0.25) is 14.5 Å². The Morgan fingerprint density at radius 2 is 1.74 bits per heavy atom. The maximum absolute atomic E-state index is 13.6. The first-order valence-corrected chi connectivity index (χ1v) is 13.3. The molecule has 7 heteroatoms. The molecule has 0 atom stereocenters. The lowest BCUT2D eigenvalue weighted by Crippen LogP contribution is -2.47. The number of carbonyl (C=O) groups is 2. The molecule has 2 heterocycles. The van der Waals surface area contributed by atoms with Crippen molar-refractivity contribution in [2.75, 3.05) is 45.9 Å². The molecule has 6 nitrogen and oxygen atoms in total. The Kier molecular flexibility index (Phi) is 11.1. The van der Waals surface area contributed by atoms with Crippen molar-refractivity contribution in [3.63, 3.8) is 0 Å². The van der Waals surface area contributed by atoms with Gasteiger partial charge in [0.05, 0.1) is 26.3 Å². The molecule has 2 amide bonds. The molecule has 1 aromatic carbocycles. The lowest BCUT2D eigenvalue weighted by molar-refractivity contribution is -0.141. The number of hydrogen-bond donors (Lipinski definition) is 0. The predicted molar refractivity (Wildman–Crippen MR) is 138 cm³/mol. The number of rotatable bonds is 13. The van der Waals surface area contributed by atoms with Crippen molar-refractivity contribution < 1.29 is 14.3 Å². The molecule has 0 aliphatic carbocycles. The van der Waals surface area contributed by atoms with Gasteiger partial charge in [0.2, 0.25) is 11.8 Å². The molecule has 0 bridgehead atoms. The highest BCUT2D eigenvalue weighted by atomic mass is 32.1. The van der Waals surface area contributed by atoms with Crippen LogP contribution in [0.1, 0.15) is 47.9 Å². The van der Waals surface area contributed by atoms with E-state index in [0.29, 0.717) is 26.1 Å². The fraction of sp³-hybridized carbons (Fsp3) is 0.556. The summed E-state index contributed by atoms with van der Waals surface area (Å²) in [6.45, 7) is 10.0. The van der Waals surface area contributed by atoms with Crippen LogP contribution in [-0.2, 0) is 27.4 Å². The molecular formula is C27H39N3O3S. The molecule has 1 aliphatic heterocycles. The van der Waals surface area contributed by atoms with Gasteiger partial charge >= 0.3 is 0 Å². The molecule has 1 fully saturated rings. The van der Waals surface area contributed by atoms with E-state index in [0.717, 1.165) is 62.6 Å². The lowest BCUT2D eigenvalue weighted by atomic mass is 10.2. The standard InChI is InChI=1S/C27H39N3O3S/c1-3-4-6-11-26(31)29(15-14-28-16-18-33-19-17-28)22-27(32)30(20-24-9-7-5-8-10-24)21-25-13-12-23(2)34-25/h5,7-10,12-13H,3-4,6,11,14-22H2,1-2H3. The van der Waals surface area contributed by atoms with Gasteiger partial charge in [-0.25, -0.2) is 0 Å². The number of hydrogen-bond acceptors (Lipinski definition) is 5. The molecule has 0 unspecified atom stereocenters. The van der Waals surface area contributed by atoms with E-state index in [-0.39, 0.29) is 18.4 Å². The van der Waals surface area contributed by atoms with Crippen molar-refractivity contribution in [3.05, 3.63) is 57.8 Å². The maximum atomic E-state index is 13.6. The number of ether oxygens (including phenoxy) is 1. The zero-order valence-corrected chi connectivity index (χ0v) is 21.5. The first-order chi connectivity index (χ1) is 16.5. The zero-order chi connectivity index (χ0) is 24.2. The fourth-order valence-electron chi connectivity index (χ4n) is 4.12. The SMILES string of the molecule is CCCCCC(=O)N(CCN1CCOCC1)CC(=O)N(Cc1ccccc1)Cc1ccc(C)s1. The van der Waals surface area contributed by atoms with E-state index in [1.807, 2.05) is 35.2 Å². The molecule has 0 N–H and O–H groups in total. The summed E-state index contributed by atoms with van der Waals surface area (Å²) in [4.78, 5) is 35.0. The van der Waals surface area contributed by atoms with Crippen LogP contribution in [0.2, 0.25) is 0 Å². The minimum atomic E-state index is 0.000671. The summed E-state index contributed by atoms with van der Waals surface area (Å²) in [5, 5.41) is 0. The smallest absolute Gasteiger partial charge is 0.242 e. The fourth-order valence-corrected chi connectivity index (χ4v) is 5.03. The summed E-state index contributed by atoms with van der Waals surface area (Å²) >= 11 is 1.72. The van der Waals surface area contributed by atoms with E-state index in [1.54, 1.807) is 16.2 Å². The molecule has 0 saturated carbocycles. The molecule has 186 valence electrons. The average molecular weight is 486 g/mol. The van der Waals surface area contributed by atoms with Crippen LogP contribution in [-0.4, -0.2) is 72.5 Å². The van der Waals surface area contributed by atoms with Crippen LogP contribution in [0, 0.1) is 6.92 Å². The number of unbranched alkanes of at least 4 members (excludes halogenated alkanes) is 2. The number of morpholine rings is 1. The van der Waals surface area contributed by atoms with Gasteiger partial charge in [0.15, 0.2) is 0 Å². The monoisotopic (exact) mass is 485 g/mol. The highest BCUT2D eigenvalue weighted by molar-refractivity contribution is 7.11. The van der Waals surface area contributed by atoms with Gasteiger partial charge in [0, 0.05) is 48.9 Å². The quantitative estimate of drug-likeness (QED) is 0.397. The van der Waals surface area contributed by atoms with E-state index < -0.39 is 0 Å². The van der Waals surface area contributed by atoms with Crippen molar-refractivity contribution >= 4 is 23.2 Å². The minimum absolute atomic E-state index is 0.000671. The molecular weight excluding hydrogens is 446 g/mol. The van der Waals surface area contributed by atoms with Crippen molar-refractivity contribution in [2.24, 2.45) is 0 Å². The average Bonchev–Trinajstić information content (AvgIpc) is 3.27. The molecule has 0 radical (unpaired) electrons. The van der Waals surface area contributed by atoms with Crippen LogP contribution in [0.3, 0.4) is 0 Å². The minimum Gasteiger partial charge on any atom is -0.379 e. The van der Waals surface area contributed by atoms with Crippen molar-refractivity contribution in [1.82, 2.24) is 14.7 Å². The number of aryl methyl sites for hydroxylation is 1. The van der Waals surface area contributed by atoms with Crippen molar-refractivity contribution in [1.29, 1.82) is 0 Å². The first-order valence-electron chi connectivity index (χ1n) is 12.5. The zero-order valence-electron chi connectivity index (χ0n) is 20.7. The van der Waals surface area contributed by atoms with Crippen LogP contribution < -0.4 is 0 Å². The summed E-state index contributed by atoms with van der Waals surface area (Å²) in [6.07, 6.45) is 3.49. The van der Waals surface area contributed by atoms with Crippen molar-refractivity contribution in [3.8, 4) is 0 Å². The second-order valence-electron chi connectivity index (χ2n) is 8.97. The molecule has 34 heavy (non-hydrogen) atoms. The summed E-state index contributed by atoms with van der Waals surface area (Å²) in [6, 6.07) is 14.3. The van der Waals surface area contributed by atoms with E-state index in [9.17, 15) is 9.59 Å². The molecule has 0 spiro atoms. The number of thiophene rings is 1. The number of nitrogens with zero attached hydrogens (tertiary/aromatic N) is 3. The molecule has 1 saturated heterocycles. The number of benzene rings is 1. The highest BCUT2D eigenvalue weighted by Gasteiger charge is 2.23. The van der Waals surface area contributed by atoms with E-state index >= 15 is 0 Å². The van der Waals surface area contributed by atoms with Gasteiger partial charge in [0.25, 0.3) is 0 Å². The first kappa shape index (κ1) is 26.4. The Balaban J connectivity index is 1.69. The van der Waals surface area contributed by atoms with Crippen LogP contribution in [0.25, 0.3) is 0 Å². The normalized spacial score (nSPS) is 14.2. The summed E-state index contributed by atoms with van der Waals surface area (Å²) in [5.41, 5.74) is 1.10. The second kappa shape index (κ2) is 14.2. The highest BCUT2D eigenvalue weighted by Crippen LogP contribution is 2.19. The van der Waals surface area contributed by atoms with Gasteiger partial charge in [-0.05, 0) is 31.0 Å². The van der Waals surface area contributed by atoms with Crippen LogP contribution in [0.4, 0.5) is 0 Å². The van der Waals surface area contributed by atoms with Crippen molar-refractivity contribution in [2.45, 2.75) is 52.6 Å². The van der Waals surface area contributed by atoms with Crippen LogP contribution in [0.5, 0.6) is 0 Å². The Morgan fingerprint density at radius 3 is 2.41 bits per heavy atom. The number of carbonyl (C=O) groups excluding carboxylic acids is 2. The topological polar surface area (TPSA) is 53.1 Å². The Labute approximate surface area is 208 Å². The Hall–Kier alpha value is -2.22. The molecule has 3 rings (SSSR count). The predicted octanol–water partition coefficient (Wildman–Crippen LogP) is 4.33. The van der Waals surface area contributed by atoms with E-state index in [4.69, 9.17) is 4.74 Å². The van der Waals surface area contributed by atoms with Gasteiger partial charge in [-0.1, -0.05) is 50.1 Å². The largest absolute Gasteiger partial charge is 0.379 e. The van der Waals surface area contributed by atoms with Crippen LogP contribution >= 0.6 is 11.3 Å². The van der Waals surface area contributed by atoms with Gasteiger partial charge in [0.1, 0.15) is 0 Å². The summed E-state index contributed by atoms with van der Waals surface area (Å²) in [7, 11) is 0. The Morgan fingerprint density at radius 1 is 0.971 bits per heavy atom. The van der Waals surface area contributed by atoms with Gasteiger partial charge in [-0.15, -0.1) is 11.3 Å². The molecule has 1 aromatic heterocycles. The molecule has 2 aromatic rings. The summed E-state index contributed by atoms with van der Waals surface area (Å²) < 4.78 is 5.45. The third kappa shape index (κ3) is 8.85. The van der Waals surface area contributed by atoms with E-state index in [1.165, 1.54) is 4.88 Å². The lowest BCUT2D eigenvalue weighted by Gasteiger charge is -2.31. The molecule has 1 aliphatic rings. The third-order valence-corrected chi connectivity index (χ3v) is 7.16. The van der Waals surface area contributed by atoms with Crippen LogP contribution in [0.15, 0.2) is 42.5 Å². The Bertz CT molecular complexity index is 880. The second-order valence-corrected chi connectivity index (χ2v) is 10.3. The summed E-state index contributed by atoms with van der Waals surface area (Å²) in [5.74, 6) is 0.0856.